The monoisotopic (exact) mass is 512 g/mol. The van der Waals surface area contributed by atoms with E-state index in [4.69, 9.17) is 0 Å². The van der Waals surface area contributed by atoms with Gasteiger partial charge in [0.1, 0.15) is 0 Å². The molecular formula is H6Fe3O6Sb2. The molecule has 0 aliphatic carbocycles. The van der Waals surface area contributed by atoms with Gasteiger partial charge >= 0.3 is 51.2 Å². The van der Waals surface area contributed by atoms with Crippen LogP contribution in [0.5, 0.6) is 0 Å². The minimum Gasteiger partial charge on any atom is -0.870 e. The molecular weight excluding hydrogens is 507 g/mol. The van der Waals surface area contributed by atoms with Crippen LogP contribution >= 0.6 is 0 Å². The van der Waals surface area contributed by atoms with Crippen molar-refractivity contribution in [2.24, 2.45) is 0 Å². The molecule has 0 heterocycles. The van der Waals surface area contributed by atoms with E-state index in [9.17, 15) is 0 Å². The Morgan fingerprint density at radius 1 is 0.273 bits per heavy atom. The molecule has 11 heteroatoms. The van der Waals surface area contributed by atoms with Crippen LogP contribution in [-0.4, -0.2) is 81.7 Å². The van der Waals surface area contributed by atoms with Gasteiger partial charge in [0.25, 0.3) is 0 Å². The molecule has 6 nitrogen and oxygen atoms in total. The van der Waals surface area contributed by atoms with Crippen LogP contribution in [0.15, 0.2) is 0 Å². The molecule has 0 aliphatic heterocycles. The van der Waals surface area contributed by atoms with Crippen molar-refractivity contribution in [2.45, 2.75) is 0 Å². The summed E-state index contributed by atoms with van der Waals surface area (Å²) in [5, 5.41) is 0. The Labute approximate surface area is 131 Å². The van der Waals surface area contributed by atoms with Crippen LogP contribution in [0.1, 0.15) is 0 Å². The van der Waals surface area contributed by atoms with Crippen molar-refractivity contribution in [1.82, 2.24) is 0 Å². The first-order chi connectivity index (χ1) is 0. The van der Waals surface area contributed by atoms with E-state index >= 15 is 0 Å². The molecule has 0 atom stereocenters. The molecule has 0 bridgehead atoms. The standard InChI is InChI=1S/3Fe.6H2O.2Sb/h;;;6*1H2;;/q3*+2;;;;;;;;/p-6. The number of rotatable bonds is 0. The minimum absolute atomic E-state index is 0. The van der Waals surface area contributed by atoms with E-state index in [1.165, 1.54) is 0 Å². The summed E-state index contributed by atoms with van der Waals surface area (Å²) in [7, 11) is 0. The first kappa shape index (κ1) is 268. The molecule has 0 rings (SSSR count). The van der Waals surface area contributed by atoms with Crippen molar-refractivity contribution in [2.75, 3.05) is 0 Å². The molecule has 76 valence electrons. The maximum Gasteiger partial charge on any atom is 2.00 e. The van der Waals surface area contributed by atoms with Gasteiger partial charge in [0.15, 0.2) is 0 Å². The first-order valence-electron chi connectivity index (χ1n) is 0. The molecule has 0 fully saturated rings. The van der Waals surface area contributed by atoms with Gasteiger partial charge in [-0.05, 0) is 0 Å². The molecule has 0 saturated heterocycles. The van der Waals surface area contributed by atoms with Gasteiger partial charge in [-0.1, -0.05) is 0 Å². The molecule has 0 spiro atoms. The summed E-state index contributed by atoms with van der Waals surface area (Å²) in [5.41, 5.74) is 0. The van der Waals surface area contributed by atoms with E-state index in [1.54, 1.807) is 0 Å². The van der Waals surface area contributed by atoms with Gasteiger partial charge in [-0.3, -0.25) is 0 Å². The topological polar surface area (TPSA) is 180 Å². The average molecular weight is 513 g/mol. The van der Waals surface area contributed by atoms with E-state index < -0.39 is 0 Å². The summed E-state index contributed by atoms with van der Waals surface area (Å²) in [6, 6.07) is 0. The Bertz CT molecular complexity index is 15.8. The minimum atomic E-state index is 0. The maximum absolute atomic E-state index is 0. The predicted molar refractivity (Wildman–Crippen MR) is 23.1 cm³/mol. The number of hydrogen-bond donors (Lipinski definition) is 0. The normalized spacial score (nSPS) is 0. The van der Waals surface area contributed by atoms with Crippen LogP contribution in [0.2, 0.25) is 0 Å². The van der Waals surface area contributed by atoms with Crippen LogP contribution in [0, 0.1) is 0 Å². The molecule has 0 saturated carbocycles. The molecule has 0 aromatic carbocycles. The largest absolute Gasteiger partial charge is 2.00 e. The molecule has 0 unspecified atom stereocenters. The van der Waals surface area contributed by atoms with E-state index in [0.29, 0.717) is 0 Å². The van der Waals surface area contributed by atoms with Gasteiger partial charge < -0.3 is 32.9 Å². The van der Waals surface area contributed by atoms with Crippen molar-refractivity contribution >= 4 is 48.9 Å². The third-order valence-corrected chi connectivity index (χ3v) is 0. The van der Waals surface area contributed by atoms with Gasteiger partial charge in [0, 0.05) is 48.9 Å². The Balaban J connectivity index is 0. The van der Waals surface area contributed by atoms with E-state index in [2.05, 4.69) is 0 Å². The van der Waals surface area contributed by atoms with E-state index in [1.807, 2.05) is 0 Å². The van der Waals surface area contributed by atoms with Crippen molar-refractivity contribution in [1.29, 1.82) is 0 Å². The van der Waals surface area contributed by atoms with Crippen LogP contribution in [0.25, 0.3) is 0 Å². The maximum atomic E-state index is 0. The Kier molecular flexibility index (Phi) is 5170. The molecule has 0 aromatic heterocycles. The molecule has 0 aromatic rings. The van der Waals surface area contributed by atoms with Crippen LogP contribution in [0.4, 0.5) is 0 Å². The fraction of sp³-hybridized carbons (Fsp3) is 0. The van der Waals surface area contributed by atoms with Gasteiger partial charge in [0.2, 0.25) is 0 Å². The zero-order valence-corrected chi connectivity index (χ0v) is 13.1. The molecule has 11 heavy (non-hydrogen) atoms. The second kappa shape index (κ2) is 212. The van der Waals surface area contributed by atoms with Crippen LogP contribution in [-0.2, 0) is 51.2 Å². The fourth-order valence-electron chi connectivity index (χ4n) is 0. The quantitative estimate of drug-likeness (QED) is 0.344. The second-order valence-corrected chi connectivity index (χ2v) is 0. The summed E-state index contributed by atoms with van der Waals surface area (Å²) in [6.45, 7) is 0. The third-order valence-electron chi connectivity index (χ3n) is 0. The zero-order chi connectivity index (χ0) is 0. The third kappa shape index (κ3) is 178. The van der Waals surface area contributed by atoms with E-state index in [0.717, 1.165) is 0 Å². The van der Waals surface area contributed by atoms with Crippen molar-refractivity contribution < 1.29 is 84.1 Å². The second-order valence-electron chi connectivity index (χ2n) is 0. The molecule has 0 aliphatic rings. The summed E-state index contributed by atoms with van der Waals surface area (Å²) in [4.78, 5) is 0. The fourth-order valence-corrected chi connectivity index (χ4v) is 0. The van der Waals surface area contributed by atoms with Crippen molar-refractivity contribution in [3.8, 4) is 0 Å². The zero-order valence-electron chi connectivity index (χ0n) is 4.64. The molecule has 6 radical (unpaired) electrons. The summed E-state index contributed by atoms with van der Waals surface area (Å²) < 4.78 is 0. The summed E-state index contributed by atoms with van der Waals surface area (Å²) in [5.74, 6) is 0. The Morgan fingerprint density at radius 3 is 0.273 bits per heavy atom. The summed E-state index contributed by atoms with van der Waals surface area (Å²) >= 11 is 0. The van der Waals surface area contributed by atoms with Crippen LogP contribution < -0.4 is 0 Å². The smallest absolute Gasteiger partial charge is 0.870 e. The van der Waals surface area contributed by atoms with Gasteiger partial charge in [0.05, 0.1) is 0 Å². The predicted octanol–water partition coefficient (Wildman–Crippen LogP) is -1.83. The van der Waals surface area contributed by atoms with Crippen LogP contribution in [0.3, 0.4) is 0 Å². The Morgan fingerprint density at radius 2 is 0.273 bits per heavy atom. The van der Waals surface area contributed by atoms with Gasteiger partial charge in [-0.2, -0.15) is 0 Å². The van der Waals surface area contributed by atoms with Crippen molar-refractivity contribution in [3.05, 3.63) is 0 Å². The van der Waals surface area contributed by atoms with Gasteiger partial charge in [-0.25, -0.2) is 0 Å². The van der Waals surface area contributed by atoms with E-state index in [-0.39, 0.29) is 133 Å². The Hall–Kier alpha value is 2.95. The average Bonchev–Trinajstić information content (AvgIpc) is 0. The van der Waals surface area contributed by atoms with Crippen molar-refractivity contribution in [3.63, 3.8) is 0 Å². The molecule has 6 N–H and O–H groups in total. The number of hydrogen-bond acceptors (Lipinski definition) is 6. The summed E-state index contributed by atoms with van der Waals surface area (Å²) in [6.07, 6.45) is 0. The SMILES string of the molecule is [Fe+2].[Fe+2].[Fe+2].[OH-].[OH-].[OH-].[OH-].[OH-].[OH-].[Sb].[Sb]. The first-order valence-corrected chi connectivity index (χ1v) is 0. The molecule has 0 amide bonds. The van der Waals surface area contributed by atoms with Gasteiger partial charge in [-0.15, -0.1) is 0 Å².